The van der Waals surface area contributed by atoms with E-state index < -0.39 is 17.2 Å². The molecule has 3 aromatic rings. The van der Waals surface area contributed by atoms with Gasteiger partial charge in [-0.3, -0.25) is 14.2 Å². The third kappa shape index (κ3) is 3.61. The SMILES string of the molecule is CCc1ccccc1NC(=O)c1c[nH]c(=O)n(Cc2cccs2)c1=O. The summed E-state index contributed by atoms with van der Waals surface area (Å²) in [5.74, 6) is -0.540. The Morgan fingerprint density at radius 3 is 2.72 bits per heavy atom. The van der Waals surface area contributed by atoms with Crippen LogP contribution in [0.3, 0.4) is 0 Å². The van der Waals surface area contributed by atoms with Gasteiger partial charge in [-0.05, 0) is 29.5 Å². The van der Waals surface area contributed by atoms with E-state index in [1.165, 1.54) is 17.5 Å². The van der Waals surface area contributed by atoms with Gasteiger partial charge in [-0.25, -0.2) is 4.79 Å². The summed E-state index contributed by atoms with van der Waals surface area (Å²) < 4.78 is 1.03. The Balaban J connectivity index is 1.93. The van der Waals surface area contributed by atoms with Gasteiger partial charge in [0, 0.05) is 16.8 Å². The average molecular weight is 355 g/mol. The van der Waals surface area contributed by atoms with Gasteiger partial charge in [0.2, 0.25) is 0 Å². The number of aromatic nitrogens is 2. The van der Waals surface area contributed by atoms with E-state index in [0.717, 1.165) is 21.4 Å². The minimum absolute atomic E-state index is 0.0953. The minimum atomic E-state index is -0.608. The number of H-pyrrole nitrogens is 1. The molecule has 0 aliphatic carbocycles. The Kier molecular flexibility index (Phi) is 4.95. The fourth-order valence-electron chi connectivity index (χ4n) is 2.52. The standard InChI is InChI=1S/C18H17N3O3S/c1-2-12-6-3-4-8-15(12)20-16(22)14-10-19-18(24)21(17(14)23)11-13-7-5-9-25-13/h3-10H,2,11H2,1H3,(H,19,24)(H,20,22). The molecule has 1 amide bonds. The molecule has 0 saturated carbocycles. The van der Waals surface area contributed by atoms with Crippen molar-refractivity contribution in [3.05, 3.63) is 84.8 Å². The van der Waals surface area contributed by atoms with Gasteiger partial charge < -0.3 is 10.3 Å². The van der Waals surface area contributed by atoms with Crippen LogP contribution in [0.1, 0.15) is 27.7 Å². The third-order valence-electron chi connectivity index (χ3n) is 3.85. The normalized spacial score (nSPS) is 10.6. The molecule has 128 valence electrons. The van der Waals surface area contributed by atoms with E-state index in [4.69, 9.17) is 0 Å². The second-order valence-corrected chi connectivity index (χ2v) is 6.48. The molecule has 0 spiro atoms. The number of nitrogens with one attached hydrogen (secondary N) is 2. The summed E-state index contributed by atoms with van der Waals surface area (Å²) in [7, 11) is 0. The number of carbonyl (C=O) groups is 1. The number of nitrogens with zero attached hydrogens (tertiary/aromatic N) is 1. The van der Waals surface area contributed by atoms with Crippen molar-refractivity contribution >= 4 is 22.9 Å². The highest BCUT2D eigenvalue weighted by Gasteiger charge is 2.16. The first kappa shape index (κ1) is 16.9. The predicted molar refractivity (Wildman–Crippen MR) is 98.5 cm³/mol. The molecule has 0 fully saturated rings. The monoisotopic (exact) mass is 355 g/mol. The van der Waals surface area contributed by atoms with Crippen molar-refractivity contribution in [2.24, 2.45) is 0 Å². The molecule has 25 heavy (non-hydrogen) atoms. The second kappa shape index (κ2) is 7.31. The van der Waals surface area contributed by atoms with Crippen molar-refractivity contribution < 1.29 is 4.79 Å². The Morgan fingerprint density at radius 1 is 1.20 bits per heavy atom. The molecule has 2 heterocycles. The van der Waals surface area contributed by atoms with Crippen molar-refractivity contribution in [2.45, 2.75) is 19.9 Å². The van der Waals surface area contributed by atoms with E-state index in [1.807, 2.05) is 42.6 Å². The van der Waals surface area contributed by atoms with Crippen LogP contribution in [-0.4, -0.2) is 15.5 Å². The highest BCUT2D eigenvalue weighted by molar-refractivity contribution is 7.09. The highest BCUT2D eigenvalue weighted by atomic mass is 32.1. The zero-order valence-corrected chi connectivity index (χ0v) is 14.4. The van der Waals surface area contributed by atoms with Crippen LogP contribution in [0.15, 0.2) is 57.6 Å². The summed E-state index contributed by atoms with van der Waals surface area (Å²) in [6, 6.07) is 11.1. The van der Waals surface area contributed by atoms with Crippen LogP contribution in [0.2, 0.25) is 0 Å². The highest BCUT2D eigenvalue weighted by Crippen LogP contribution is 2.16. The number of aromatic amines is 1. The Hall–Kier alpha value is -2.93. The molecule has 0 aliphatic heterocycles. The quantitative estimate of drug-likeness (QED) is 0.737. The summed E-state index contributed by atoms with van der Waals surface area (Å²) in [6.45, 7) is 2.12. The average Bonchev–Trinajstić information content (AvgIpc) is 3.12. The lowest BCUT2D eigenvalue weighted by Gasteiger charge is -2.10. The maximum Gasteiger partial charge on any atom is 0.328 e. The molecule has 0 unspecified atom stereocenters. The van der Waals surface area contributed by atoms with Crippen molar-refractivity contribution in [3.63, 3.8) is 0 Å². The molecular formula is C18H17N3O3S. The summed E-state index contributed by atoms with van der Waals surface area (Å²) in [4.78, 5) is 40.4. The minimum Gasteiger partial charge on any atom is -0.322 e. The maximum absolute atomic E-state index is 12.6. The second-order valence-electron chi connectivity index (χ2n) is 5.44. The van der Waals surface area contributed by atoms with E-state index in [-0.39, 0.29) is 12.1 Å². The van der Waals surface area contributed by atoms with Crippen LogP contribution in [0.25, 0.3) is 0 Å². The lowest BCUT2D eigenvalue weighted by Crippen LogP contribution is -2.39. The predicted octanol–water partition coefficient (Wildman–Crippen LogP) is 2.46. The number of hydrogen-bond acceptors (Lipinski definition) is 4. The number of amides is 1. The van der Waals surface area contributed by atoms with Crippen LogP contribution >= 0.6 is 11.3 Å². The number of carbonyl (C=O) groups excluding carboxylic acids is 1. The van der Waals surface area contributed by atoms with Crippen molar-refractivity contribution in [3.8, 4) is 0 Å². The first-order chi connectivity index (χ1) is 12.1. The van der Waals surface area contributed by atoms with Crippen LogP contribution in [-0.2, 0) is 13.0 Å². The molecule has 2 N–H and O–H groups in total. The molecule has 3 rings (SSSR count). The van der Waals surface area contributed by atoms with Gasteiger partial charge >= 0.3 is 5.69 Å². The zero-order chi connectivity index (χ0) is 17.8. The molecule has 1 aromatic carbocycles. The smallest absolute Gasteiger partial charge is 0.322 e. The Morgan fingerprint density at radius 2 is 2.00 bits per heavy atom. The van der Waals surface area contributed by atoms with Crippen LogP contribution < -0.4 is 16.6 Å². The largest absolute Gasteiger partial charge is 0.328 e. The topological polar surface area (TPSA) is 84.0 Å². The molecule has 7 heteroatoms. The van der Waals surface area contributed by atoms with E-state index in [0.29, 0.717) is 5.69 Å². The van der Waals surface area contributed by atoms with Crippen molar-refractivity contribution in [1.29, 1.82) is 0 Å². The molecule has 0 bridgehead atoms. The molecule has 0 saturated heterocycles. The van der Waals surface area contributed by atoms with Crippen LogP contribution in [0, 0.1) is 0 Å². The summed E-state index contributed by atoms with van der Waals surface area (Å²) in [5.41, 5.74) is 0.388. The van der Waals surface area contributed by atoms with E-state index >= 15 is 0 Å². The lowest BCUT2D eigenvalue weighted by atomic mass is 10.1. The summed E-state index contributed by atoms with van der Waals surface area (Å²) in [6.07, 6.45) is 1.92. The summed E-state index contributed by atoms with van der Waals surface area (Å²) in [5, 5.41) is 4.62. The number of hydrogen-bond donors (Lipinski definition) is 2. The van der Waals surface area contributed by atoms with Crippen molar-refractivity contribution in [1.82, 2.24) is 9.55 Å². The number of aryl methyl sites for hydroxylation is 1. The molecule has 0 atom stereocenters. The van der Waals surface area contributed by atoms with E-state index in [9.17, 15) is 14.4 Å². The van der Waals surface area contributed by atoms with Gasteiger partial charge in [0.25, 0.3) is 11.5 Å². The third-order valence-corrected chi connectivity index (χ3v) is 4.71. The first-order valence-electron chi connectivity index (χ1n) is 7.84. The molecule has 2 aromatic heterocycles. The van der Waals surface area contributed by atoms with Gasteiger partial charge in [-0.15, -0.1) is 11.3 Å². The van der Waals surface area contributed by atoms with Gasteiger partial charge in [0.15, 0.2) is 0 Å². The van der Waals surface area contributed by atoms with Crippen LogP contribution in [0.5, 0.6) is 0 Å². The van der Waals surface area contributed by atoms with Gasteiger partial charge in [-0.2, -0.15) is 0 Å². The lowest BCUT2D eigenvalue weighted by molar-refractivity contribution is 0.102. The summed E-state index contributed by atoms with van der Waals surface area (Å²) >= 11 is 1.44. The number of rotatable bonds is 5. The van der Waals surface area contributed by atoms with E-state index in [1.54, 1.807) is 6.07 Å². The number of anilines is 1. The van der Waals surface area contributed by atoms with Gasteiger partial charge in [-0.1, -0.05) is 31.2 Å². The maximum atomic E-state index is 12.6. The van der Waals surface area contributed by atoms with Crippen molar-refractivity contribution in [2.75, 3.05) is 5.32 Å². The number of para-hydroxylation sites is 1. The number of thiophene rings is 1. The van der Waals surface area contributed by atoms with Gasteiger partial charge in [0.05, 0.1) is 6.54 Å². The Labute approximate surface area is 147 Å². The molecular weight excluding hydrogens is 338 g/mol. The number of benzene rings is 1. The fraction of sp³-hybridized carbons (Fsp3) is 0.167. The molecule has 0 radical (unpaired) electrons. The molecule has 0 aliphatic rings. The van der Waals surface area contributed by atoms with E-state index in [2.05, 4.69) is 10.3 Å². The van der Waals surface area contributed by atoms with Gasteiger partial charge in [0.1, 0.15) is 5.56 Å². The fourth-order valence-corrected chi connectivity index (χ4v) is 3.21. The van der Waals surface area contributed by atoms with Crippen LogP contribution in [0.4, 0.5) is 5.69 Å². The zero-order valence-electron chi connectivity index (χ0n) is 13.6. The Bertz CT molecular complexity index is 1000. The first-order valence-corrected chi connectivity index (χ1v) is 8.72. The molecule has 6 nitrogen and oxygen atoms in total.